The van der Waals surface area contributed by atoms with Crippen molar-refractivity contribution < 1.29 is 4.52 Å². The monoisotopic (exact) mass is 168 g/mol. The predicted molar refractivity (Wildman–Crippen MR) is 47.9 cm³/mol. The van der Waals surface area contributed by atoms with Gasteiger partial charge >= 0.3 is 0 Å². The first-order chi connectivity index (χ1) is 5.88. The van der Waals surface area contributed by atoms with E-state index in [-0.39, 0.29) is 0 Å². The van der Waals surface area contributed by atoms with Gasteiger partial charge in [0.25, 0.3) is 0 Å². The Balaban J connectivity index is 2.51. The van der Waals surface area contributed by atoms with Crippen LogP contribution < -0.4 is 5.73 Å². The van der Waals surface area contributed by atoms with Crippen LogP contribution in [0.5, 0.6) is 0 Å². The molecule has 12 heavy (non-hydrogen) atoms. The molecule has 3 nitrogen and oxygen atoms in total. The summed E-state index contributed by atoms with van der Waals surface area (Å²) in [6.07, 6.45) is 5.88. The van der Waals surface area contributed by atoms with Crippen LogP contribution in [-0.2, 0) is 12.8 Å². The van der Waals surface area contributed by atoms with Crippen molar-refractivity contribution in [1.82, 2.24) is 5.16 Å². The normalized spacial score (nSPS) is 10.5. The molecule has 0 saturated heterocycles. The van der Waals surface area contributed by atoms with Crippen molar-refractivity contribution in [3.63, 3.8) is 0 Å². The Kier molecular flexibility index (Phi) is 3.80. The van der Waals surface area contributed by atoms with Crippen LogP contribution in [0.25, 0.3) is 0 Å². The minimum Gasteiger partial charge on any atom is -0.364 e. The third-order valence-corrected chi connectivity index (χ3v) is 1.87. The molecule has 68 valence electrons. The second-order valence-electron chi connectivity index (χ2n) is 2.93. The molecule has 0 aliphatic heterocycles. The van der Waals surface area contributed by atoms with Crippen LogP contribution in [0.3, 0.4) is 0 Å². The van der Waals surface area contributed by atoms with Gasteiger partial charge in [-0.05, 0) is 25.8 Å². The second-order valence-corrected chi connectivity index (χ2v) is 2.93. The van der Waals surface area contributed by atoms with Crippen LogP contribution in [0, 0.1) is 0 Å². The number of nitrogens with zero attached hydrogens (tertiary/aromatic N) is 1. The average molecular weight is 168 g/mol. The molecule has 1 rings (SSSR count). The number of rotatable bonds is 5. The molecule has 1 aromatic rings. The quantitative estimate of drug-likeness (QED) is 0.725. The summed E-state index contributed by atoms with van der Waals surface area (Å²) in [7, 11) is 0. The molecule has 0 unspecified atom stereocenters. The topological polar surface area (TPSA) is 52.0 Å². The van der Waals surface area contributed by atoms with Gasteiger partial charge in [-0.3, -0.25) is 0 Å². The Bertz CT molecular complexity index is 220. The van der Waals surface area contributed by atoms with Crippen LogP contribution in [0.15, 0.2) is 10.8 Å². The summed E-state index contributed by atoms with van der Waals surface area (Å²) in [4.78, 5) is 0. The van der Waals surface area contributed by atoms with Crippen LogP contribution in [-0.4, -0.2) is 11.7 Å². The van der Waals surface area contributed by atoms with E-state index in [0.29, 0.717) is 0 Å². The molecule has 2 N–H and O–H groups in total. The van der Waals surface area contributed by atoms with E-state index in [1.165, 1.54) is 5.56 Å². The molecule has 0 radical (unpaired) electrons. The lowest BCUT2D eigenvalue weighted by atomic mass is 10.1. The molecule has 0 amide bonds. The van der Waals surface area contributed by atoms with Gasteiger partial charge in [-0.2, -0.15) is 0 Å². The van der Waals surface area contributed by atoms with Gasteiger partial charge in [-0.15, -0.1) is 0 Å². The lowest BCUT2D eigenvalue weighted by molar-refractivity contribution is 0.410. The zero-order valence-corrected chi connectivity index (χ0v) is 7.55. The van der Waals surface area contributed by atoms with Crippen LogP contribution in [0.4, 0.5) is 0 Å². The van der Waals surface area contributed by atoms with Gasteiger partial charge in [-0.25, -0.2) is 0 Å². The Labute approximate surface area is 72.9 Å². The minimum atomic E-state index is 0.721. The van der Waals surface area contributed by atoms with Crippen molar-refractivity contribution in [2.24, 2.45) is 5.73 Å². The first-order valence-corrected chi connectivity index (χ1v) is 4.50. The highest BCUT2D eigenvalue weighted by molar-refractivity contribution is 5.14. The molecule has 0 saturated carbocycles. The Morgan fingerprint density at radius 3 is 3.00 bits per heavy atom. The van der Waals surface area contributed by atoms with Gasteiger partial charge in [0, 0.05) is 5.56 Å². The fraction of sp³-hybridized carbons (Fsp3) is 0.667. The molecule has 0 fully saturated rings. The highest BCUT2D eigenvalue weighted by atomic mass is 16.5. The van der Waals surface area contributed by atoms with E-state index in [9.17, 15) is 0 Å². The highest BCUT2D eigenvalue weighted by Crippen LogP contribution is 2.10. The van der Waals surface area contributed by atoms with Crippen molar-refractivity contribution in [3.05, 3.63) is 17.5 Å². The molecule has 0 bridgehead atoms. The maximum Gasteiger partial charge on any atom is 0.127 e. The van der Waals surface area contributed by atoms with E-state index in [2.05, 4.69) is 12.1 Å². The summed E-state index contributed by atoms with van der Waals surface area (Å²) in [5, 5.41) is 3.94. The van der Waals surface area contributed by atoms with Crippen LogP contribution >= 0.6 is 0 Å². The maximum absolute atomic E-state index is 5.41. The zero-order chi connectivity index (χ0) is 8.81. The van der Waals surface area contributed by atoms with Gasteiger partial charge in [0.05, 0.1) is 5.69 Å². The third kappa shape index (κ3) is 2.34. The summed E-state index contributed by atoms with van der Waals surface area (Å²) in [6, 6.07) is 0. The van der Waals surface area contributed by atoms with E-state index in [1.807, 2.05) is 0 Å². The van der Waals surface area contributed by atoms with Gasteiger partial charge in [0.1, 0.15) is 6.26 Å². The number of aryl methyl sites for hydroxylation is 2. The molecule has 0 spiro atoms. The van der Waals surface area contributed by atoms with Crippen LogP contribution in [0.1, 0.15) is 31.0 Å². The van der Waals surface area contributed by atoms with E-state index in [1.54, 1.807) is 6.26 Å². The van der Waals surface area contributed by atoms with Crippen molar-refractivity contribution in [3.8, 4) is 0 Å². The van der Waals surface area contributed by atoms with Gasteiger partial charge in [0.2, 0.25) is 0 Å². The van der Waals surface area contributed by atoms with Crippen molar-refractivity contribution in [1.29, 1.82) is 0 Å². The Hall–Kier alpha value is -0.830. The molecule has 1 heterocycles. The number of hydrogen-bond acceptors (Lipinski definition) is 3. The van der Waals surface area contributed by atoms with E-state index >= 15 is 0 Å². The van der Waals surface area contributed by atoms with E-state index in [4.69, 9.17) is 10.3 Å². The molecule has 0 aromatic carbocycles. The highest BCUT2D eigenvalue weighted by Gasteiger charge is 2.05. The fourth-order valence-electron chi connectivity index (χ4n) is 1.23. The van der Waals surface area contributed by atoms with Crippen molar-refractivity contribution in [2.45, 2.75) is 32.6 Å². The van der Waals surface area contributed by atoms with E-state index in [0.717, 1.165) is 37.9 Å². The van der Waals surface area contributed by atoms with Crippen molar-refractivity contribution >= 4 is 0 Å². The lowest BCUT2D eigenvalue weighted by Gasteiger charge is -1.96. The molecular weight excluding hydrogens is 152 g/mol. The zero-order valence-electron chi connectivity index (χ0n) is 7.55. The third-order valence-electron chi connectivity index (χ3n) is 1.87. The molecule has 3 heteroatoms. The molecule has 1 aromatic heterocycles. The smallest absolute Gasteiger partial charge is 0.127 e. The molecule has 0 aliphatic carbocycles. The predicted octanol–water partition coefficient (Wildman–Crippen LogP) is 1.52. The standard InChI is InChI=1S/C9H16N2O/c1-2-4-8-7-12-11-9(8)5-3-6-10/h7H,2-6,10H2,1H3. The number of nitrogens with two attached hydrogens (primary N) is 1. The average Bonchev–Trinajstić information content (AvgIpc) is 2.50. The molecular formula is C9H16N2O. The lowest BCUT2D eigenvalue weighted by Crippen LogP contribution is -2.01. The first kappa shape index (κ1) is 9.26. The summed E-state index contributed by atoms with van der Waals surface area (Å²) < 4.78 is 4.90. The van der Waals surface area contributed by atoms with Crippen LogP contribution in [0.2, 0.25) is 0 Å². The summed E-state index contributed by atoms with van der Waals surface area (Å²) in [5.74, 6) is 0. The number of aromatic nitrogens is 1. The van der Waals surface area contributed by atoms with E-state index < -0.39 is 0 Å². The Morgan fingerprint density at radius 2 is 2.33 bits per heavy atom. The van der Waals surface area contributed by atoms with Gasteiger partial charge in [-0.1, -0.05) is 18.5 Å². The first-order valence-electron chi connectivity index (χ1n) is 4.50. The van der Waals surface area contributed by atoms with Gasteiger partial charge in [0.15, 0.2) is 0 Å². The summed E-state index contributed by atoms with van der Waals surface area (Å²) in [6.45, 7) is 2.87. The summed E-state index contributed by atoms with van der Waals surface area (Å²) in [5.41, 5.74) is 7.74. The minimum absolute atomic E-state index is 0.721. The second kappa shape index (κ2) is 4.93. The number of hydrogen-bond donors (Lipinski definition) is 1. The molecule has 0 aliphatic rings. The fourth-order valence-corrected chi connectivity index (χ4v) is 1.23. The largest absolute Gasteiger partial charge is 0.364 e. The Morgan fingerprint density at radius 1 is 1.50 bits per heavy atom. The van der Waals surface area contributed by atoms with Gasteiger partial charge < -0.3 is 10.3 Å². The molecule has 0 atom stereocenters. The summed E-state index contributed by atoms with van der Waals surface area (Å²) >= 11 is 0. The van der Waals surface area contributed by atoms with Crippen molar-refractivity contribution in [2.75, 3.05) is 6.54 Å². The maximum atomic E-state index is 5.41. The SMILES string of the molecule is CCCc1conc1CCCN.